The molecule has 0 unspecified atom stereocenters. The van der Waals surface area contributed by atoms with Gasteiger partial charge in [-0.05, 0) is 6.08 Å². The average Bonchev–Trinajstić information content (AvgIpc) is 2.54. The molecule has 0 bridgehead atoms. The molecule has 0 aromatic heterocycles. The lowest BCUT2D eigenvalue weighted by atomic mass is 10.1. The molecule has 0 aromatic carbocycles. The summed E-state index contributed by atoms with van der Waals surface area (Å²) in [7, 11) is 0. The molecule has 0 amide bonds. The number of ether oxygens (including phenoxy) is 2. The fourth-order valence-corrected chi connectivity index (χ4v) is 2.01. The predicted molar refractivity (Wildman–Crippen MR) is 34.3 cm³/mol. The molecule has 48 valence electrons. The molecule has 3 rings (SSSR count). The minimum absolute atomic E-state index is 0.341. The van der Waals surface area contributed by atoms with Gasteiger partial charge in [-0.3, -0.25) is 0 Å². The number of fused-ring (bicyclic) bond motifs is 3. The molecule has 0 saturated carbocycles. The molecular formula is C6H5BrO2. The third-order valence-electron chi connectivity index (χ3n) is 2.01. The van der Waals surface area contributed by atoms with Crippen LogP contribution in [0.3, 0.4) is 0 Å². The summed E-state index contributed by atoms with van der Waals surface area (Å²) in [6, 6.07) is 0. The van der Waals surface area contributed by atoms with E-state index in [0.717, 1.165) is 0 Å². The second-order valence-corrected chi connectivity index (χ2v) is 3.55. The Morgan fingerprint density at radius 2 is 2.22 bits per heavy atom. The van der Waals surface area contributed by atoms with Crippen molar-refractivity contribution >= 4 is 15.9 Å². The zero-order valence-electron chi connectivity index (χ0n) is 4.58. The molecule has 3 aliphatic rings. The van der Waals surface area contributed by atoms with Gasteiger partial charge in [-0.2, -0.15) is 0 Å². The first-order chi connectivity index (χ1) is 4.36. The van der Waals surface area contributed by atoms with Crippen molar-refractivity contribution in [2.45, 2.75) is 24.4 Å². The zero-order chi connectivity index (χ0) is 6.01. The summed E-state index contributed by atoms with van der Waals surface area (Å²) in [5.74, 6) is 0. The molecule has 2 saturated heterocycles. The maximum absolute atomic E-state index is 5.30. The molecular weight excluding hydrogens is 184 g/mol. The van der Waals surface area contributed by atoms with Crippen molar-refractivity contribution in [2.24, 2.45) is 0 Å². The molecule has 1 aliphatic carbocycles. The third-order valence-corrected chi connectivity index (χ3v) is 2.72. The Bertz CT molecular complexity index is 201. The van der Waals surface area contributed by atoms with E-state index in [1.165, 1.54) is 4.48 Å². The van der Waals surface area contributed by atoms with E-state index in [9.17, 15) is 0 Å². The molecule has 3 heteroatoms. The van der Waals surface area contributed by atoms with Gasteiger partial charge in [0.15, 0.2) is 0 Å². The van der Waals surface area contributed by atoms with Crippen LogP contribution in [-0.4, -0.2) is 24.4 Å². The van der Waals surface area contributed by atoms with Gasteiger partial charge in [-0.25, -0.2) is 0 Å². The van der Waals surface area contributed by atoms with Gasteiger partial charge >= 0.3 is 0 Å². The number of hydrogen-bond donors (Lipinski definition) is 0. The standard InChI is InChI=1S/C6H5BrO2/c7-2-1-3-5(8-3)6-4(2)9-6/h1,3-6H/t3-,4-,5-,6-/m1/s1. The van der Waals surface area contributed by atoms with Crippen LogP contribution in [0, 0.1) is 0 Å². The Labute approximate surface area is 61.0 Å². The third kappa shape index (κ3) is 0.527. The fourth-order valence-electron chi connectivity index (χ4n) is 1.38. The van der Waals surface area contributed by atoms with Crippen molar-refractivity contribution in [3.8, 4) is 0 Å². The molecule has 4 atom stereocenters. The Morgan fingerprint density at radius 1 is 1.33 bits per heavy atom. The van der Waals surface area contributed by atoms with Crippen LogP contribution in [-0.2, 0) is 9.47 Å². The van der Waals surface area contributed by atoms with E-state index in [4.69, 9.17) is 9.47 Å². The second-order valence-electron chi connectivity index (χ2n) is 2.64. The predicted octanol–water partition coefficient (Wildman–Crippen LogP) is 0.814. The summed E-state index contributed by atoms with van der Waals surface area (Å²) in [6.07, 6.45) is 3.58. The van der Waals surface area contributed by atoms with E-state index in [1.54, 1.807) is 0 Å². The molecule has 0 radical (unpaired) electrons. The van der Waals surface area contributed by atoms with Crippen LogP contribution in [0.2, 0.25) is 0 Å². The topological polar surface area (TPSA) is 25.1 Å². The lowest BCUT2D eigenvalue weighted by molar-refractivity contribution is 0.313. The van der Waals surface area contributed by atoms with E-state index in [-0.39, 0.29) is 0 Å². The molecule has 9 heavy (non-hydrogen) atoms. The van der Waals surface area contributed by atoms with E-state index >= 15 is 0 Å². The fraction of sp³-hybridized carbons (Fsp3) is 0.667. The molecule has 2 heterocycles. The van der Waals surface area contributed by atoms with Gasteiger partial charge in [-0.1, -0.05) is 15.9 Å². The van der Waals surface area contributed by atoms with Crippen LogP contribution in [0.4, 0.5) is 0 Å². The van der Waals surface area contributed by atoms with Crippen molar-refractivity contribution in [3.63, 3.8) is 0 Å². The number of epoxide rings is 2. The SMILES string of the molecule is BrC1=C[C@H]2O[C@H]2[C@@H]2O[C@H]12. The summed E-state index contributed by atoms with van der Waals surface area (Å²) in [4.78, 5) is 0. The molecule has 2 nitrogen and oxygen atoms in total. The quantitative estimate of drug-likeness (QED) is 0.527. The molecule has 2 aliphatic heterocycles. The highest BCUT2D eigenvalue weighted by atomic mass is 79.9. The van der Waals surface area contributed by atoms with Crippen molar-refractivity contribution in [1.29, 1.82) is 0 Å². The lowest BCUT2D eigenvalue weighted by Crippen LogP contribution is -2.09. The van der Waals surface area contributed by atoms with Crippen LogP contribution in [0.15, 0.2) is 10.6 Å². The summed E-state index contributed by atoms with van der Waals surface area (Å²) < 4.78 is 11.7. The highest BCUT2D eigenvalue weighted by Gasteiger charge is 2.61. The first-order valence-electron chi connectivity index (χ1n) is 3.04. The minimum Gasteiger partial charge on any atom is -0.362 e. The highest BCUT2D eigenvalue weighted by Crippen LogP contribution is 2.48. The van der Waals surface area contributed by atoms with Crippen LogP contribution in [0.25, 0.3) is 0 Å². The van der Waals surface area contributed by atoms with Crippen LogP contribution in [0.1, 0.15) is 0 Å². The first-order valence-corrected chi connectivity index (χ1v) is 3.84. The van der Waals surface area contributed by atoms with Gasteiger partial charge in [0, 0.05) is 4.48 Å². The maximum Gasteiger partial charge on any atom is 0.118 e. The Balaban J connectivity index is 2.03. The van der Waals surface area contributed by atoms with E-state index in [2.05, 4.69) is 22.0 Å². The molecule has 0 aromatic rings. The van der Waals surface area contributed by atoms with Gasteiger partial charge in [-0.15, -0.1) is 0 Å². The van der Waals surface area contributed by atoms with Gasteiger partial charge in [0.05, 0.1) is 0 Å². The van der Waals surface area contributed by atoms with Gasteiger partial charge in [0.25, 0.3) is 0 Å². The van der Waals surface area contributed by atoms with E-state index < -0.39 is 0 Å². The largest absolute Gasteiger partial charge is 0.362 e. The average molecular weight is 189 g/mol. The van der Waals surface area contributed by atoms with Gasteiger partial charge in [0.2, 0.25) is 0 Å². The second kappa shape index (κ2) is 1.26. The van der Waals surface area contributed by atoms with E-state index in [1.807, 2.05) is 0 Å². The minimum atomic E-state index is 0.341. The zero-order valence-corrected chi connectivity index (χ0v) is 6.17. The summed E-state index contributed by atoms with van der Waals surface area (Å²) in [6.45, 7) is 0. The smallest absolute Gasteiger partial charge is 0.118 e. The van der Waals surface area contributed by atoms with Crippen molar-refractivity contribution in [3.05, 3.63) is 10.6 Å². The van der Waals surface area contributed by atoms with Crippen LogP contribution < -0.4 is 0 Å². The molecule has 0 spiro atoms. The number of hydrogen-bond acceptors (Lipinski definition) is 2. The van der Waals surface area contributed by atoms with Crippen molar-refractivity contribution < 1.29 is 9.47 Å². The Hall–Kier alpha value is 0.140. The van der Waals surface area contributed by atoms with Crippen LogP contribution in [0.5, 0.6) is 0 Å². The lowest BCUT2D eigenvalue weighted by Gasteiger charge is -1.93. The van der Waals surface area contributed by atoms with E-state index in [0.29, 0.717) is 24.4 Å². The summed E-state index contributed by atoms with van der Waals surface area (Å²) >= 11 is 3.42. The van der Waals surface area contributed by atoms with Gasteiger partial charge in [0.1, 0.15) is 24.4 Å². The number of halogens is 1. The maximum atomic E-state index is 5.30. The van der Waals surface area contributed by atoms with Crippen molar-refractivity contribution in [1.82, 2.24) is 0 Å². The molecule has 2 fully saturated rings. The molecule has 0 N–H and O–H groups in total. The monoisotopic (exact) mass is 188 g/mol. The normalized spacial score (nSPS) is 59.4. The summed E-state index contributed by atoms with van der Waals surface area (Å²) in [5.41, 5.74) is 0. The van der Waals surface area contributed by atoms with Gasteiger partial charge < -0.3 is 9.47 Å². The Kier molecular flexibility index (Phi) is 0.684. The van der Waals surface area contributed by atoms with Crippen molar-refractivity contribution in [2.75, 3.05) is 0 Å². The number of rotatable bonds is 0. The Morgan fingerprint density at radius 3 is 3.11 bits per heavy atom. The summed E-state index contributed by atoms with van der Waals surface area (Å²) in [5, 5.41) is 0. The highest BCUT2D eigenvalue weighted by molar-refractivity contribution is 9.11. The van der Waals surface area contributed by atoms with Crippen LogP contribution >= 0.6 is 15.9 Å². The first kappa shape index (κ1) is 4.88.